The fourth-order valence-electron chi connectivity index (χ4n) is 1.62. The Morgan fingerprint density at radius 3 is 3.24 bits per heavy atom. The number of rotatable bonds is 2. The Morgan fingerprint density at radius 1 is 1.53 bits per heavy atom. The number of fused-ring (bicyclic) bond motifs is 3. The molecule has 0 radical (unpaired) electrons. The largest absolute Gasteiger partial charge is 0.431 e. The first-order valence-corrected chi connectivity index (χ1v) is 4.90. The molecule has 0 spiro atoms. The third-order valence-electron chi connectivity index (χ3n) is 2.34. The van der Waals surface area contributed by atoms with Crippen LogP contribution in [0.25, 0.3) is 16.7 Å². The Labute approximate surface area is 94.7 Å². The van der Waals surface area contributed by atoms with Crippen LogP contribution in [0.15, 0.2) is 27.7 Å². The van der Waals surface area contributed by atoms with Crippen LogP contribution in [0.3, 0.4) is 0 Å². The topological polar surface area (TPSA) is 82.5 Å². The monoisotopic (exact) mass is 232 g/mol. The zero-order chi connectivity index (χ0) is 11.8. The van der Waals surface area contributed by atoms with Gasteiger partial charge in [-0.05, 0) is 0 Å². The van der Waals surface area contributed by atoms with E-state index in [-0.39, 0.29) is 0 Å². The zero-order valence-corrected chi connectivity index (χ0v) is 8.95. The number of ether oxygens (including phenoxy) is 1. The summed E-state index contributed by atoms with van der Waals surface area (Å²) in [5, 5.41) is 4.58. The van der Waals surface area contributed by atoms with Gasteiger partial charge < -0.3 is 9.15 Å². The van der Waals surface area contributed by atoms with Crippen LogP contribution >= 0.6 is 0 Å². The van der Waals surface area contributed by atoms with Gasteiger partial charge >= 0.3 is 5.63 Å². The smallest absolute Gasteiger partial charge is 0.346 e. The number of hydrogen-bond acceptors (Lipinski definition) is 6. The van der Waals surface area contributed by atoms with Gasteiger partial charge in [-0.25, -0.2) is 9.78 Å². The highest BCUT2D eigenvalue weighted by atomic mass is 16.5. The van der Waals surface area contributed by atoms with Crippen LogP contribution in [-0.2, 0) is 11.3 Å². The first-order chi connectivity index (χ1) is 8.29. The third-order valence-corrected chi connectivity index (χ3v) is 2.34. The molecule has 3 heterocycles. The second kappa shape index (κ2) is 3.63. The minimum absolute atomic E-state index is 0.298. The molecule has 0 aliphatic carbocycles. The summed E-state index contributed by atoms with van der Waals surface area (Å²) < 4.78 is 11.2. The van der Waals surface area contributed by atoms with Crippen molar-refractivity contribution >= 4 is 16.7 Å². The van der Waals surface area contributed by atoms with Crippen molar-refractivity contribution in [1.82, 2.24) is 19.6 Å². The normalized spacial score (nSPS) is 11.4. The summed E-state index contributed by atoms with van der Waals surface area (Å²) >= 11 is 0. The van der Waals surface area contributed by atoms with Gasteiger partial charge in [0.15, 0.2) is 5.82 Å². The van der Waals surface area contributed by atoms with Crippen LogP contribution in [0.5, 0.6) is 0 Å². The van der Waals surface area contributed by atoms with Gasteiger partial charge in [-0.1, -0.05) is 0 Å². The quantitative estimate of drug-likeness (QED) is 0.635. The lowest BCUT2D eigenvalue weighted by Gasteiger charge is -1.96. The highest BCUT2D eigenvalue weighted by molar-refractivity contribution is 5.77. The zero-order valence-electron chi connectivity index (χ0n) is 8.95. The Hall–Kier alpha value is -2.28. The van der Waals surface area contributed by atoms with Crippen molar-refractivity contribution in [2.45, 2.75) is 6.61 Å². The van der Waals surface area contributed by atoms with Gasteiger partial charge in [0.25, 0.3) is 5.78 Å². The molecule has 86 valence electrons. The molecular formula is C10H8N4O3. The summed E-state index contributed by atoms with van der Waals surface area (Å²) in [7, 11) is 1.56. The van der Waals surface area contributed by atoms with Crippen molar-refractivity contribution < 1.29 is 9.15 Å². The number of methoxy groups -OCH3 is 1. The van der Waals surface area contributed by atoms with Crippen molar-refractivity contribution in [1.29, 1.82) is 0 Å². The number of nitrogens with zero attached hydrogens (tertiary/aromatic N) is 4. The molecule has 0 bridgehead atoms. The molecule has 0 amide bonds. The fraction of sp³-hybridized carbons (Fsp3) is 0.200. The van der Waals surface area contributed by atoms with Crippen LogP contribution in [0.1, 0.15) is 5.82 Å². The summed E-state index contributed by atoms with van der Waals surface area (Å²) in [5.74, 6) is 0.941. The molecule has 3 aromatic heterocycles. The van der Waals surface area contributed by atoms with Gasteiger partial charge in [0, 0.05) is 19.4 Å². The second-order valence-electron chi connectivity index (χ2n) is 3.44. The SMILES string of the molecule is COCc1nc2ncc3c(=O)occc3n2n1. The molecule has 7 heteroatoms. The van der Waals surface area contributed by atoms with Gasteiger partial charge in [0.05, 0.1) is 11.8 Å². The van der Waals surface area contributed by atoms with E-state index in [1.54, 1.807) is 13.2 Å². The first kappa shape index (κ1) is 9.91. The Balaban J connectivity index is 2.39. The van der Waals surface area contributed by atoms with E-state index in [2.05, 4.69) is 15.1 Å². The first-order valence-electron chi connectivity index (χ1n) is 4.90. The Kier molecular flexibility index (Phi) is 2.12. The van der Waals surface area contributed by atoms with Gasteiger partial charge in [-0.3, -0.25) is 0 Å². The van der Waals surface area contributed by atoms with Crippen molar-refractivity contribution in [2.24, 2.45) is 0 Å². The molecule has 0 aliphatic heterocycles. The highest BCUT2D eigenvalue weighted by Gasteiger charge is 2.09. The minimum Gasteiger partial charge on any atom is -0.431 e. The van der Waals surface area contributed by atoms with E-state index in [0.29, 0.717) is 29.1 Å². The third kappa shape index (κ3) is 1.48. The standard InChI is InChI=1S/C10H8N4O3/c1-16-5-8-12-10-11-4-6-7(14(10)13-8)2-3-17-9(6)15/h2-4H,5H2,1H3. The molecule has 3 aromatic rings. The Bertz CT molecular complexity index is 746. The lowest BCUT2D eigenvalue weighted by atomic mass is 10.3. The van der Waals surface area contributed by atoms with Crippen LogP contribution in [0.2, 0.25) is 0 Å². The van der Waals surface area contributed by atoms with Crippen molar-refractivity contribution in [3.05, 3.63) is 34.8 Å². The summed E-state index contributed by atoms with van der Waals surface area (Å²) in [6.07, 6.45) is 2.75. The predicted molar refractivity (Wildman–Crippen MR) is 57.5 cm³/mol. The average Bonchev–Trinajstić information content (AvgIpc) is 2.73. The minimum atomic E-state index is -0.444. The fourth-order valence-corrected chi connectivity index (χ4v) is 1.62. The van der Waals surface area contributed by atoms with E-state index < -0.39 is 5.63 Å². The number of hydrogen-bond donors (Lipinski definition) is 0. The molecule has 0 aliphatic rings. The van der Waals surface area contributed by atoms with Crippen LogP contribution < -0.4 is 5.63 Å². The molecule has 0 fully saturated rings. The summed E-state index contributed by atoms with van der Waals surface area (Å²) in [5.41, 5.74) is 0.168. The van der Waals surface area contributed by atoms with Gasteiger partial charge in [-0.2, -0.15) is 9.50 Å². The van der Waals surface area contributed by atoms with Crippen LogP contribution in [0.4, 0.5) is 0 Å². The van der Waals surface area contributed by atoms with Gasteiger partial charge in [0.2, 0.25) is 0 Å². The molecule has 7 nitrogen and oxygen atoms in total. The average molecular weight is 232 g/mol. The van der Waals surface area contributed by atoms with E-state index in [1.165, 1.54) is 17.0 Å². The van der Waals surface area contributed by atoms with Crippen molar-refractivity contribution in [3.8, 4) is 0 Å². The molecule has 0 saturated carbocycles. The molecular weight excluding hydrogens is 224 g/mol. The molecule has 3 rings (SSSR count). The molecule has 0 N–H and O–H groups in total. The van der Waals surface area contributed by atoms with E-state index >= 15 is 0 Å². The predicted octanol–water partition coefficient (Wildman–Crippen LogP) is 0.377. The maximum Gasteiger partial charge on any atom is 0.346 e. The summed E-state index contributed by atoms with van der Waals surface area (Å²) in [6.45, 7) is 0.298. The molecule has 17 heavy (non-hydrogen) atoms. The molecule has 0 aromatic carbocycles. The van der Waals surface area contributed by atoms with Crippen molar-refractivity contribution in [3.63, 3.8) is 0 Å². The van der Waals surface area contributed by atoms with Crippen LogP contribution in [-0.4, -0.2) is 26.7 Å². The van der Waals surface area contributed by atoms with Gasteiger partial charge in [-0.15, -0.1) is 5.10 Å². The van der Waals surface area contributed by atoms with Gasteiger partial charge in [0.1, 0.15) is 12.0 Å². The molecule has 0 atom stereocenters. The maximum absolute atomic E-state index is 11.5. The Morgan fingerprint density at radius 2 is 2.41 bits per heavy atom. The number of aromatic nitrogens is 4. The molecule has 0 saturated heterocycles. The van der Waals surface area contributed by atoms with E-state index in [4.69, 9.17) is 9.15 Å². The summed E-state index contributed by atoms with van der Waals surface area (Å²) in [6, 6.07) is 1.65. The lowest BCUT2D eigenvalue weighted by molar-refractivity contribution is 0.178. The maximum atomic E-state index is 11.5. The second-order valence-corrected chi connectivity index (χ2v) is 3.44. The molecule has 0 unspecified atom stereocenters. The highest BCUT2D eigenvalue weighted by Crippen LogP contribution is 2.10. The van der Waals surface area contributed by atoms with E-state index in [1.807, 2.05) is 0 Å². The van der Waals surface area contributed by atoms with Crippen molar-refractivity contribution in [2.75, 3.05) is 7.11 Å². The van der Waals surface area contributed by atoms with E-state index in [9.17, 15) is 4.79 Å². The summed E-state index contributed by atoms with van der Waals surface area (Å²) in [4.78, 5) is 19.7. The lowest BCUT2D eigenvalue weighted by Crippen LogP contribution is -2.03. The van der Waals surface area contributed by atoms with E-state index in [0.717, 1.165) is 0 Å². The van der Waals surface area contributed by atoms with Crippen LogP contribution in [0, 0.1) is 0 Å².